The number of hydrogen-bond donors (Lipinski definition) is 1. The normalized spacial score (nSPS) is 15.7. The second kappa shape index (κ2) is 8.19. The van der Waals surface area contributed by atoms with Gasteiger partial charge in [-0.2, -0.15) is 13.2 Å². The summed E-state index contributed by atoms with van der Waals surface area (Å²) < 4.78 is 56.4. The van der Waals surface area contributed by atoms with Crippen molar-refractivity contribution in [2.45, 2.75) is 25.6 Å². The molecule has 1 aliphatic heterocycles. The molecule has 0 amide bonds. The van der Waals surface area contributed by atoms with Gasteiger partial charge in [-0.25, -0.2) is 4.79 Å². The summed E-state index contributed by atoms with van der Waals surface area (Å²) in [5.41, 5.74) is 5.31. The number of nitrogens with zero attached hydrogens (tertiary/aromatic N) is 1. The zero-order valence-electron chi connectivity index (χ0n) is 17.6. The molecule has 10 heteroatoms. The summed E-state index contributed by atoms with van der Waals surface area (Å²) in [7, 11) is 1.13. The Kier molecular flexibility index (Phi) is 5.52. The highest BCUT2D eigenvalue weighted by Gasteiger charge is 2.39. The second-order valence-corrected chi connectivity index (χ2v) is 7.46. The van der Waals surface area contributed by atoms with Gasteiger partial charge in [-0.3, -0.25) is 4.79 Å². The van der Waals surface area contributed by atoms with Crippen molar-refractivity contribution in [3.63, 3.8) is 0 Å². The Labute approximate surface area is 185 Å². The third kappa shape index (κ3) is 3.99. The molecule has 0 fully saturated rings. The highest BCUT2D eigenvalue weighted by molar-refractivity contribution is 5.92. The lowest BCUT2D eigenvalue weighted by Gasteiger charge is -2.29. The summed E-state index contributed by atoms with van der Waals surface area (Å²) in [5, 5.41) is 0. The number of nitrogens with two attached hydrogens (primary N) is 1. The molecule has 1 aliphatic rings. The van der Waals surface area contributed by atoms with Crippen LogP contribution < -0.4 is 16.0 Å². The van der Waals surface area contributed by atoms with Crippen LogP contribution in [0.5, 0.6) is 5.75 Å². The zero-order chi connectivity index (χ0) is 23.9. The van der Waals surface area contributed by atoms with Gasteiger partial charge in [-0.15, -0.1) is 0 Å². The maximum absolute atomic E-state index is 13.6. The fourth-order valence-electron chi connectivity index (χ4n) is 3.85. The van der Waals surface area contributed by atoms with Crippen molar-refractivity contribution in [3.8, 4) is 5.75 Å². The molecule has 1 aromatic carbocycles. The quantitative estimate of drug-likeness (QED) is 0.597. The number of fused-ring (bicyclic) bond motifs is 1. The minimum atomic E-state index is -4.54. The fourth-order valence-corrected chi connectivity index (χ4v) is 3.85. The number of aromatic nitrogens is 1. The van der Waals surface area contributed by atoms with Crippen LogP contribution in [0.2, 0.25) is 0 Å². The first-order valence-electron chi connectivity index (χ1n) is 9.81. The minimum absolute atomic E-state index is 0.0570. The van der Waals surface area contributed by atoms with E-state index in [1.54, 1.807) is 25.1 Å². The van der Waals surface area contributed by atoms with E-state index in [-0.39, 0.29) is 34.9 Å². The van der Waals surface area contributed by atoms with E-state index in [0.717, 1.165) is 19.2 Å². The summed E-state index contributed by atoms with van der Waals surface area (Å²) in [6.07, 6.45) is -3.07. The number of carbonyl (C=O) groups excluding carboxylic acids is 1. The molecule has 0 unspecified atom stereocenters. The van der Waals surface area contributed by atoms with Gasteiger partial charge in [0, 0.05) is 11.8 Å². The molecule has 2 aromatic heterocycles. The van der Waals surface area contributed by atoms with Crippen molar-refractivity contribution >= 4 is 5.97 Å². The summed E-state index contributed by atoms with van der Waals surface area (Å²) in [6, 6.07) is 9.13. The molecular formula is C23H19F3N2O5. The molecule has 1 atom stereocenters. The van der Waals surface area contributed by atoms with E-state index < -0.39 is 29.2 Å². The Morgan fingerprint density at radius 2 is 1.91 bits per heavy atom. The molecule has 3 heterocycles. The smallest absolute Gasteiger partial charge is 0.416 e. The molecule has 2 N–H and O–H groups in total. The largest absolute Gasteiger partial charge is 0.467 e. The van der Waals surface area contributed by atoms with Gasteiger partial charge in [0.15, 0.2) is 0 Å². The maximum atomic E-state index is 13.6. The topological polar surface area (TPSA) is 96.7 Å². The second-order valence-electron chi connectivity index (χ2n) is 7.46. The number of pyridine rings is 1. The van der Waals surface area contributed by atoms with Gasteiger partial charge < -0.3 is 24.2 Å². The van der Waals surface area contributed by atoms with Crippen LogP contribution in [-0.2, 0) is 22.3 Å². The van der Waals surface area contributed by atoms with E-state index in [0.29, 0.717) is 11.5 Å². The van der Waals surface area contributed by atoms with Crippen LogP contribution in [-0.4, -0.2) is 17.6 Å². The SMILES string of the molecule is COC(=O)C1=C(N)Oc2cc(C)n(Cc3ccco3)c(=O)c2[C@H]1c1ccc(C(F)(F)F)cc1. The van der Waals surface area contributed by atoms with E-state index >= 15 is 0 Å². The molecule has 4 rings (SSSR count). The molecule has 0 aliphatic carbocycles. The molecule has 0 spiro atoms. The maximum Gasteiger partial charge on any atom is 0.416 e. The van der Waals surface area contributed by atoms with Gasteiger partial charge in [-0.1, -0.05) is 12.1 Å². The van der Waals surface area contributed by atoms with E-state index in [9.17, 15) is 22.8 Å². The molecule has 33 heavy (non-hydrogen) atoms. The fraction of sp³-hybridized carbons (Fsp3) is 0.217. The van der Waals surface area contributed by atoms with Gasteiger partial charge in [0.2, 0.25) is 5.88 Å². The monoisotopic (exact) mass is 460 g/mol. The van der Waals surface area contributed by atoms with E-state index in [4.69, 9.17) is 19.6 Å². The summed E-state index contributed by atoms with van der Waals surface area (Å²) in [4.78, 5) is 26.2. The first-order valence-corrected chi connectivity index (χ1v) is 9.81. The molecule has 0 saturated carbocycles. The number of hydrogen-bond acceptors (Lipinski definition) is 6. The molecule has 0 radical (unpaired) electrons. The predicted octanol–water partition coefficient (Wildman–Crippen LogP) is 3.68. The van der Waals surface area contributed by atoms with Crippen molar-refractivity contribution < 1.29 is 31.9 Å². The van der Waals surface area contributed by atoms with Crippen LogP contribution >= 0.6 is 0 Å². The molecule has 7 nitrogen and oxygen atoms in total. The lowest BCUT2D eigenvalue weighted by atomic mass is 9.83. The van der Waals surface area contributed by atoms with E-state index in [1.807, 2.05) is 0 Å². The number of ether oxygens (including phenoxy) is 2. The van der Waals surface area contributed by atoms with Gasteiger partial charge in [-0.05, 0) is 36.8 Å². The number of esters is 1. The highest BCUT2D eigenvalue weighted by Crippen LogP contribution is 2.42. The number of furan rings is 1. The van der Waals surface area contributed by atoms with Gasteiger partial charge in [0.25, 0.3) is 5.56 Å². The van der Waals surface area contributed by atoms with Gasteiger partial charge in [0.1, 0.15) is 17.1 Å². The zero-order valence-corrected chi connectivity index (χ0v) is 17.6. The number of rotatable bonds is 4. The van der Waals surface area contributed by atoms with Crippen LogP contribution in [0.4, 0.5) is 13.2 Å². The number of alkyl halides is 3. The van der Waals surface area contributed by atoms with Crippen LogP contribution in [0, 0.1) is 6.92 Å². The number of aryl methyl sites for hydroxylation is 1. The number of halogens is 3. The third-order valence-corrected chi connectivity index (χ3v) is 5.44. The van der Waals surface area contributed by atoms with Crippen LogP contribution in [0.1, 0.15) is 34.1 Å². The van der Waals surface area contributed by atoms with Gasteiger partial charge in [0.05, 0.1) is 37.0 Å². The number of methoxy groups -OCH3 is 1. The predicted molar refractivity (Wildman–Crippen MR) is 110 cm³/mol. The standard InChI is InChI=1S/C23H19F3N2O5/c1-12-10-16-18(21(29)28(12)11-15-4-3-9-32-15)17(19(20(27)33-16)22(30)31-2)13-5-7-14(8-6-13)23(24,25)26/h3-10,17H,11,27H2,1-2H3/t17-/m1/s1. The van der Waals surface area contributed by atoms with Crippen molar-refractivity contribution in [2.75, 3.05) is 7.11 Å². The van der Waals surface area contributed by atoms with Crippen molar-refractivity contribution in [1.29, 1.82) is 0 Å². The first-order chi connectivity index (χ1) is 15.6. The Bertz CT molecular complexity index is 1290. The van der Waals surface area contributed by atoms with E-state index in [1.165, 1.54) is 23.0 Å². The number of carbonyl (C=O) groups is 1. The Balaban J connectivity index is 1.93. The Hall–Kier alpha value is -3.95. The van der Waals surface area contributed by atoms with Crippen molar-refractivity contribution in [3.05, 3.63) is 98.7 Å². The Morgan fingerprint density at radius 1 is 1.21 bits per heavy atom. The molecule has 0 saturated heterocycles. The average Bonchev–Trinajstić information content (AvgIpc) is 3.28. The first kappa shape index (κ1) is 22.3. The summed E-state index contributed by atoms with van der Waals surface area (Å²) in [6.45, 7) is 1.80. The third-order valence-electron chi connectivity index (χ3n) is 5.44. The lowest BCUT2D eigenvalue weighted by molar-refractivity contribution is -0.138. The summed E-state index contributed by atoms with van der Waals surface area (Å²) in [5.74, 6) is -1.61. The number of benzene rings is 1. The van der Waals surface area contributed by atoms with Crippen LogP contribution in [0.25, 0.3) is 0 Å². The molecule has 172 valence electrons. The Morgan fingerprint density at radius 3 is 2.48 bits per heavy atom. The lowest BCUT2D eigenvalue weighted by Crippen LogP contribution is -2.35. The average molecular weight is 460 g/mol. The van der Waals surface area contributed by atoms with Crippen molar-refractivity contribution in [2.24, 2.45) is 5.73 Å². The van der Waals surface area contributed by atoms with Crippen molar-refractivity contribution in [1.82, 2.24) is 4.57 Å². The highest BCUT2D eigenvalue weighted by atomic mass is 19.4. The molecule has 0 bridgehead atoms. The molecule has 3 aromatic rings. The van der Waals surface area contributed by atoms with Gasteiger partial charge >= 0.3 is 12.1 Å². The minimum Gasteiger partial charge on any atom is -0.467 e. The van der Waals surface area contributed by atoms with E-state index in [2.05, 4.69) is 0 Å². The van der Waals surface area contributed by atoms with Crippen LogP contribution in [0.15, 0.2) is 69.4 Å². The van der Waals surface area contributed by atoms with Crippen LogP contribution in [0.3, 0.4) is 0 Å². The summed E-state index contributed by atoms with van der Waals surface area (Å²) >= 11 is 0. The molecular weight excluding hydrogens is 441 g/mol.